The average Bonchev–Trinajstić information content (AvgIpc) is 2.26. The first-order valence-electron chi connectivity index (χ1n) is 6.07. The maximum Gasteiger partial charge on any atom is 0.218 e. The molecule has 0 atom stereocenters. The molecule has 0 aromatic heterocycles. The van der Waals surface area contributed by atoms with Crippen LogP contribution in [0.4, 0.5) is 0 Å². The summed E-state index contributed by atoms with van der Waals surface area (Å²) in [7, 11) is -1.71. The molecule has 1 fully saturated rings. The number of sulfonamides is 1. The van der Waals surface area contributed by atoms with Crippen LogP contribution >= 0.6 is 11.6 Å². The molecule has 19 heavy (non-hydrogen) atoms. The van der Waals surface area contributed by atoms with Gasteiger partial charge < -0.3 is 4.74 Å². The van der Waals surface area contributed by atoms with E-state index >= 15 is 0 Å². The van der Waals surface area contributed by atoms with Crippen molar-refractivity contribution in [2.75, 3.05) is 26.8 Å². The molecule has 0 bridgehead atoms. The van der Waals surface area contributed by atoms with Gasteiger partial charge in [0.05, 0.1) is 19.0 Å². The average molecular weight is 304 g/mol. The number of benzene rings is 1. The van der Waals surface area contributed by atoms with Crippen LogP contribution in [0.2, 0.25) is 5.02 Å². The molecule has 1 saturated heterocycles. The summed E-state index contributed by atoms with van der Waals surface area (Å²) in [5.41, 5.74) is 0.644. The smallest absolute Gasteiger partial charge is 0.218 e. The summed E-state index contributed by atoms with van der Waals surface area (Å²) >= 11 is 5.87. The van der Waals surface area contributed by atoms with E-state index in [0.717, 1.165) is 0 Å². The Morgan fingerprint density at radius 1 is 1.42 bits per heavy atom. The van der Waals surface area contributed by atoms with Crippen LogP contribution in [0, 0.1) is 5.41 Å². The third-order valence-corrected chi connectivity index (χ3v) is 5.23. The number of hydrogen-bond donors (Lipinski definition) is 0. The number of hydrogen-bond acceptors (Lipinski definition) is 3. The highest BCUT2D eigenvalue weighted by atomic mass is 35.5. The van der Waals surface area contributed by atoms with E-state index in [1.54, 1.807) is 31.3 Å². The first kappa shape index (κ1) is 14.8. The van der Waals surface area contributed by atoms with E-state index in [4.69, 9.17) is 16.3 Å². The van der Waals surface area contributed by atoms with Gasteiger partial charge in [-0.1, -0.05) is 30.7 Å². The molecule has 0 amide bonds. The van der Waals surface area contributed by atoms with Crippen molar-refractivity contribution in [2.45, 2.75) is 12.7 Å². The minimum Gasteiger partial charge on any atom is -0.380 e. The Bertz CT molecular complexity index is 555. The SMILES string of the molecule is CN(CC1(C)COC1)S(=O)(=O)Cc1cccc(Cl)c1. The lowest BCUT2D eigenvalue weighted by Gasteiger charge is -2.40. The van der Waals surface area contributed by atoms with Crippen molar-refractivity contribution in [3.05, 3.63) is 34.9 Å². The first-order valence-corrected chi connectivity index (χ1v) is 8.06. The quantitative estimate of drug-likeness (QED) is 0.837. The topological polar surface area (TPSA) is 46.6 Å². The van der Waals surface area contributed by atoms with E-state index in [9.17, 15) is 8.42 Å². The van der Waals surface area contributed by atoms with Gasteiger partial charge in [0.15, 0.2) is 0 Å². The summed E-state index contributed by atoms with van der Waals surface area (Å²) in [6.07, 6.45) is 0. The van der Waals surface area contributed by atoms with E-state index in [1.165, 1.54) is 4.31 Å². The Hall–Kier alpha value is -0.620. The van der Waals surface area contributed by atoms with E-state index in [2.05, 4.69) is 0 Å². The molecule has 2 rings (SSSR count). The Balaban J connectivity index is 2.05. The normalized spacial score (nSPS) is 18.3. The highest BCUT2D eigenvalue weighted by Gasteiger charge is 2.37. The fourth-order valence-corrected chi connectivity index (χ4v) is 3.67. The van der Waals surface area contributed by atoms with Crippen molar-refractivity contribution in [1.29, 1.82) is 0 Å². The molecule has 1 heterocycles. The van der Waals surface area contributed by atoms with Crippen LogP contribution in [0.3, 0.4) is 0 Å². The lowest BCUT2D eigenvalue weighted by atomic mass is 9.89. The maximum absolute atomic E-state index is 12.3. The lowest BCUT2D eigenvalue weighted by molar-refractivity contribution is -0.106. The molecule has 106 valence electrons. The minimum atomic E-state index is -3.32. The number of halogens is 1. The van der Waals surface area contributed by atoms with Crippen LogP contribution in [0.1, 0.15) is 12.5 Å². The maximum atomic E-state index is 12.3. The summed E-state index contributed by atoms with van der Waals surface area (Å²) in [5, 5.41) is 0.551. The van der Waals surface area contributed by atoms with Crippen LogP contribution in [-0.2, 0) is 20.5 Å². The van der Waals surface area contributed by atoms with Gasteiger partial charge in [-0.3, -0.25) is 0 Å². The molecule has 1 aromatic carbocycles. The van der Waals surface area contributed by atoms with Crippen molar-refractivity contribution >= 4 is 21.6 Å². The van der Waals surface area contributed by atoms with Gasteiger partial charge in [0, 0.05) is 24.0 Å². The fraction of sp³-hybridized carbons (Fsp3) is 0.538. The number of ether oxygens (including phenoxy) is 1. The van der Waals surface area contributed by atoms with E-state index in [0.29, 0.717) is 30.3 Å². The van der Waals surface area contributed by atoms with Gasteiger partial charge in [0.2, 0.25) is 10.0 Å². The third-order valence-electron chi connectivity index (χ3n) is 3.22. The third kappa shape index (κ3) is 3.69. The van der Waals surface area contributed by atoms with Crippen molar-refractivity contribution in [3.8, 4) is 0 Å². The summed E-state index contributed by atoms with van der Waals surface area (Å²) in [5.74, 6) is -0.0268. The lowest BCUT2D eigenvalue weighted by Crippen LogP contribution is -2.49. The van der Waals surface area contributed by atoms with Crippen LogP contribution in [0.25, 0.3) is 0 Å². The predicted octanol–water partition coefficient (Wildman–Crippen LogP) is 2.14. The van der Waals surface area contributed by atoms with E-state index in [-0.39, 0.29) is 11.2 Å². The van der Waals surface area contributed by atoms with E-state index in [1.807, 2.05) is 6.92 Å². The zero-order valence-electron chi connectivity index (χ0n) is 11.1. The van der Waals surface area contributed by atoms with Crippen molar-refractivity contribution in [2.24, 2.45) is 5.41 Å². The van der Waals surface area contributed by atoms with Crippen molar-refractivity contribution in [1.82, 2.24) is 4.31 Å². The Labute approximate surface area is 119 Å². The molecule has 0 radical (unpaired) electrons. The number of nitrogens with zero attached hydrogens (tertiary/aromatic N) is 1. The van der Waals surface area contributed by atoms with Gasteiger partial charge in [-0.2, -0.15) is 0 Å². The van der Waals surface area contributed by atoms with Gasteiger partial charge in [-0.05, 0) is 17.7 Å². The summed E-state index contributed by atoms with van der Waals surface area (Å²) in [4.78, 5) is 0. The Morgan fingerprint density at radius 3 is 2.63 bits per heavy atom. The Morgan fingerprint density at radius 2 is 2.11 bits per heavy atom. The molecule has 6 heteroatoms. The van der Waals surface area contributed by atoms with Gasteiger partial charge in [0.25, 0.3) is 0 Å². The standard InChI is InChI=1S/C13H18ClNO3S/c1-13(9-18-10-13)8-15(2)19(16,17)7-11-4-3-5-12(14)6-11/h3-6H,7-10H2,1-2H3. The minimum absolute atomic E-state index is 0.0268. The second kappa shape index (κ2) is 5.40. The molecule has 0 N–H and O–H groups in total. The van der Waals surface area contributed by atoms with Crippen LogP contribution < -0.4 is 0 Å². The molecular weight excluding hydrogens is 286 g/mol. The first-order chi connectivity index (χ1) is 8.81. The van der Waals surface area contributed by atoms with Gasteiger partial charge in [-0.25, -0.2) is 12.7 Å². The molecule has 0 spiro atoms. The molecular formula is C13H18ClNO3S. The van der Waals surface area contributed by atoms with Crippen molar-refractivity contribution < 1.29 is 13.2 Å². The van der Waals surface area contributed by atoms with Crippen LogP contribution in [0.15, 0.2) is 24.3 Å². The van der Waals surface area contributed by atoms with Crippen molar-refractivity contribution in [3.63, 3.8) is 0 Å². The molecule has 1 aliphatic rings. The van der Waals surface area contributed by atoms with Gasteiger partial charge >= 0.3 is 0 Å². The van der Waals surface area contributed by atoms with Crippen LogP contribution in [0.5, 0.6) is 0 Å². The molecule has 0 saturated carbocycles. The summed E-state index contributed by atoms with van der Waals surface area (Å²) < 4.78 is 31.1. The molecule has 4 nitrogen and oxygen atoms in total. The number of rotatable bonds is 5. The summed E-state index contributed by atoms with van der Waals surface area (Å²) in [6.45, 7) is 3.74. The molecule has 0 aliphatic carbocycles. The second-order valence-corrected chi connectivity index (χ2v) is 7.96. The largest absolute Gasteiger partial charge is 0.380 e. The van der Waals surface area contributed by atoms with Crippen LogP contribution in [-0.4, -0.2) is 39.5 Å². The highest BCUT2D eigenvalue weighted by Crippen LogP contribution is 2.28. The zero-order chi connectivity index (χ0) is 14.1. The molecule has 0 unspecified atom stereocenters. The molecule has 1 aliphatic heterocycles. The van der Waals surface area contributed by atoms with E-state index < -0.39 is 10.0 Å². The highest BCUT2D eigenvalue weighted by molar-refractivity contribution is 7.88. The zero-order valence-corrected chi connectivity index (χ0v) is 12.7. The summed E-state index contributed by atoms with van der Waals surface area (Å²) in [6, 6.07) is 6.94. The molecule has 1 aromatic rings. The van der Waals surface area contributed by atoms with Gasteiger partial charge in [-0.15, -0.1) is 0 Å². The monoisotopic (exact) mass is 303 g/mol. The fourth-order valence-electron chi connectivity index (χ4n) is 2.13. The predicted molar refractivity (Wildman–Crippen MR) is 75.6 cm³/mol. The Kier molecular flexibility index (Phi) is 4.20. The second-order valence-electron chi connectivity index (χ2n) is 5.45. The van der Waals surface area contributed by atoms with Gasteiger partial charge in [0.1, 0.15) is 0 Å².